The lowest BCUT2D eigenvalue weighted by atomic mass is 10.1. The maximum Gasteiger partial charge on any atom is 0.241 e. The van der Waals surface area contributed by atoms with Gasteiger partial charge in [-0.15, -0.1) is 0 Å². The van der Waals surface area contributed by atoms with Crippen LogP contribution in [0.4, 0.5) is 0 Å². The van der Waals surface area contributed by atoms with Crippen molar-refractivity contribution in [1.29, 1.82) is 0 Å². The lowest BCUT2D eigenvalue weighted by molar-refractivity contribution is 0.281. The Bertz CT molecular complexity index is 574. The number of hydrogen-bond acceptors (Lipinski definition) is 3. The Hall–Kier alpha value is -0.430. The smallest absolute Gasteiger partial charge is 0.241 e. The van der Waals surface area contributed by atoms with Crippen molar-refractivity contribution >= 4 is 26.0 Å². The molecule has 2 atom stereocenters. The average molecular weight is 362 g/mol. The topological polar surface area (TPSA) is 66.4 Å². The van der Waals surface area contributed by atoms with Crippen LogP contribution in [0.5, 0.6) is 0 Å². The van der Waals surface area contributed by atoms with Crippen molar-refractivity contribution in [2.24, 2.45) is 11.8 Å². The predicted octanol–water partition coefficient (Wildman–Crippen LogP) is 2.66. The largest absolute Gasteiger partial charge is 0.392 e. The van der Waals surface area contributed by atoms with Crippen LogP contribution in [0.25, 0.3) is 0 Å². The first-order valence-corrected chi connectivity index (χ1v) is 9.09. The van der Waals surface area contributed by atoms with Gasteiger partial charge < -0.3 is 5.11 Å². The molecule has 1 aliphatic carbocycles. The van der Waals surface area contributed by atoms with E-state index in [0.29, 0.717) is 28.4 Å². The Morgan fingerprint density at radius 1 is 1.40 bits per heavy atom. The minimum absolute atomic E-state index is 0.105. The van der Waals surface area contributed by atoms with E-state index < -0.39 is 10.0 Å². The summed E-state index contributed by atoms with van der Waals surface area (Å²) in [5, 5.41) is 9.04. The highest BCUT2D eigenvalue weighted by Crippen LogP contribution is 2.30. The quantitative estimate of drug-likeness (QED) is 0.846. The first-order chi connectivity index (χ1) is 9.42. The molecule has 2 unspecified atom stereocenters. The number of aliphatic hydroxyl groups excluding tert-OH is 1. The molecule has 6 heteroatoms. The highest BCUT2D eigenvalue weighted by atomic mass is 79.9. The number of nitrogens with one attached hydrogen (secondary N) is 1. The van der Waals surface area contributed by atoms with Gasteiger partial charge in [0.15, 0.2) is 0 Å². The van der Waals surface area contributed by atoms with E-state index in [1.165, 1.54) is 12.5 Å². The van der Waals surface area contributed by atoms with Gasteiger partial charge >= 0.3 is 0 Å². The van der Waals surface area contributed by atoms with E-state index in [0.717, 1.165) is 12.8 Å². The molecule has 2 N–H and O–H groups in total. The number of aliphatic hydroxyl groups is 1. The molecule has 1 aliphatic rings. The van der Waals surface area contributed by atoms with E-state index in [1.807, 2.05) is 0 Å². The Balaban J connectivity index is 2.06. The minimum atomic E-state index is -3.50. The first kappa shape index (κ1) is 15.9. The number of sulfonamides is 1. The Morgan fingerprint density at radius 3 is 2.70 bits per heavy atom. The maximum atomic E-state index is 12.3. The van der Waals surface area contributed by atoms with Crippen molar-refractivity contribution in [2.45, 2.75) is 37.7 Å². The number of rotatable bonds is 5. The molecule has 1 fully saturated rings. The highest BCUT2D eigenvalue weighted by molar-refractivity contribution is 9.10. The molecule has 112 valence electrons. The number of hydrogen-bond donors (Lipinski definition) is 2. The van der Waals surface area contributed by atoms with Crippen molar-refractivity contribution in [1.82, 2.24) is 4.72 Å². The second-order valence-corrected chi connectivity index (χ2v) is 8.15. The molecule has 2 rings (SSSR count). The summed E-state index contributed by atoms with van der Waals surface area (Å²) in [5.74, 6) is 1.13. The van der Waals surface area contributed by atoms with E-state index in [-0.39, 0.29) is 11.5 Å². The summed E-state index contributed by atoms with van der Waals surface area (Å²) >= 11 is 3.26. The molecule has 0 bridgehead atoms. The highest BCUT2D eigenvalue weighted by Gasteiger charge is 2.24. The van der Waals surface area contributed by atoms with Gasteiger partial charge in [0, 0.05) is 11.0 Å². The zero-order chi connectivity index (χ0) is 14.8. The Labute approximate surface area is 128 Å². The standard InChI is InChI=1S/C14H20BrNO3S/c1-10-2-3-11(6-10)8-16-20(18,19)14-5-4-12(9-17)7-13(14)15/h4-5,7,10-11,16-17H,2-3,6,8-9H2,1H3. The van der Waals surface area contributed by atoms with Crippen LogP contribution in [-0.4, -0.2) is 20.1 Å². The van der Waals surface area contributed by atoms with E-state index in [9.17, 15) is 8.42 Å². The van der Waals surface area contributed by atoms with E-state index in [4.69, 9.17) is 5.11 Å². The van der Waals surface area contributed by atoms with Gasteiger partial charge in [-0.2, -0.15) is 0 Å². The molecule has 0 aromatic heterocycles. The molecular weight excluding hydrogens is 342 g/mol. The molecular formula is C14H20BrNO3S. The lowest BCUT2D eigenvalue weighted by Gasteiger charge is -2.13. The van der Waals surface area contributed by atoms with Gasteiger partial charge in [-0.05, 0) is 58.3 Å². The third-order valence-electron chi connectivity index (χ3n) is 3.83. The molecule has 1 saturated carbocycles. The molecule has 1 aromatic rings. The molecule has 0 spiro atoms. The van der Waals surface area contributed by atoms with Crippen LogP contribution in [0.1, 0.15) is 31.7 Å². The molecule has 0 radical (unpaired) electrons. The first-order valence-electron chi connectivity index (χ1n) is 6.81. The molecule has 0 saturated heterocycles. The van der Waals surface area contributed by atoms with Gasteiger partial charge in [0.1, 0.15) is 0 Å². The van der Waals surface area contributed by atoms with Crippen LogP contribution in [0.15, 0.2) is 27.6 Å². The van der Waals surface area contributed by atoms with Crippen molar-refractivity contribution in [3.8, 4) is 0 Å². The summed E-state index contributed by atoms with van der Waals surface area (Å²) in [7, 11) is -3.50. The van der Waals surface area contributed by atoms with Crippen LogP contribution in [0.2, 0.25) is 0 Å². The summed E-state index contributed by atoms with van der Waals surface area (Å²) < 4.78 is 27.8. The Kier molecular flexibility index (Phi) is 5.23. The minimum Gasteiger partial charge on any atom is -0.392 e. The summed E-state index contributed by atoms with van der Waals surface area (Å²) in [6.45, 7) is 2.60. The second kappa shape index (κ2) is 6.56. The average Bonchev–Trinajstić information content (AvgIpc) is 2.82. The van der Waals surface area contributed by atoms with Gasteiger partial charge in [-0.3, -0.25) is 0 Å². The third kappa shape index (κ3) is 3.81. The lowest BCUT2D eigenvalue weighted by Crippen LogP contribution is -2.29. The SMILES string of the molecule is CC1CCC(CNS(=O)(=O)c2ccc(CO)cc2Br)C1. The van der Waals surface area contributed by atoms with Crippen LogP contribution < -0.4 is 4.72 Å². The summed E-state index contributed by atoms with van der Waals surface area (Å²) in [6, 6.07) is 4.78. The van der Waals surface area contributed by atoms with Gasteiger partial charge in [0.25, 0.3) is 0 Å². The molecule has 4 nitrogen and oxygen atoms in total. The van der Waals surface area contributed by atoms with E-state index in [1.54, 1.807) is 12.1 Å². The van der Waals surface area contributed by atoms with Crippen molar-refractivity contribution < 1.29 is 13.5 Å². The summed E-state index contributed by atoms with van der Waals surface area (Å²) in [5.41, 5.74) is 0.681. The van der Waals surface area contributed by atoms with Gasteiger partial charge in [0.2, 0.25) is 10.0 Å². The molecule has 0 amide bonds. The monoisotopic (exact) mass is 361 g/mol. The predicted molar refractivity (Wildman–Crippen MR) is 81.8 cm³/mol. The zero-order valence-electron chi connectivity index (χ0n) is 11.5. The van der Waals surface area contributed by atoms with Crippen LogP contribution in [0, 0.1) is 11.8 Å². The van der Waals surface area contributed by atoms with Crippen LogP contribution in [0.3, 0.4) is 0 Å². The van der Waals surface area contributed by atoms with Crippen molar-refractivity contribution in [3.63, 3.8) is 0 Å². The van der Waals surface area contributed by atoms with Gasteiger partial charge in [0.05, 0.1) is 11.5 Å². The van der Waals surface area contributed by atoms with Crippen LogP contribution in [-0.2, 0) is 16.6 Å². The third-order valence-corrected chi connectivity index (χ3v) is 6.23. The normalized spacial score (nSPS) is 23.1. The summed E-state index contributed by atoms with van der Waals surface area (Å²) in [4.78, 5) is 0.223. The number of benzene rings is 1. The van der Waals surface area contributed by atoms with Gasteiger partial charge in [-0.25, -0.2) is 13.1 Å². The Morgan fingerprint density at radius 2 is 2.15 bits per heavy atom. The molecule has 1 aromatic carbocycles. The van der Waals surface area contributed by atoms with Gasteiger partial charge in [-0.1, -0.05) is 19.4 Å². The maximum absolute atomic E-state index is 12.3. The molecule has 0 aliphatic heterocycles. The second-order valence-electron chi connectivity index (χ2n) is 5.56. The zero-order valence-corrected chi connectivity index (χ0v) is 13.9. The summed E-state index contributed by atoms with van der Waals surface area (Å²) in [6.07, 6.45) is 3.36. The molecule has 20 heavy (non-hydrogen) atoms. The number of halogens is 1. The van der Waals surface area contributed by atoms with Crippen LogP contribution >= 0.6 is 15.9 Å². The fourth-order valence-electron chi connectivity index (χ4n) is 2.68. The fourth-order valence-corrected chi connectivity index (χ4v) is 4.92. The van der Waals surface area contributed by atoms with E-state index in [2.05, 4.69) is 27.6 Å². The molecule has 0 heterocycles. The fraction of sp³-hybridized carbons (Fsp3) is 0.571. The van der Waals surface area contributed by atoms with Crippen molar-refractivity contribution in [2.75, 3.05) is 6.54 Å². The van der Waals surface area contributed by atoms with Crippen molar-refractivity contribution in [3.05, 3.63) is 28.2 Å². The van der Waals surface area contributed by atoms with E-state index >= 15 is 0 Å².